The van der Waals surface area contributed by atoms with Gasteiger partial charge in [-0.25, -0.2) is 9.79 Å². The van der Waals surface area contributed by atoms with Gasteiger partial charge in [-0.3, -0.25) is 9.13 Å². The van der Waals surface area contributed by atoms with E-state index < -0.39 is 0 Å². The molecule has 1 aromatic heterocycles. The van der Waals surface area contributed by atoms with Crippen molar-refractivity contribution in [2.45, 2.75) is 0 Å². The van der Waals surface area contributed by atoms with E-state index in [1.54, 1.807) is 29.3 Å². The molecule has 0 atom stereocenters. The first-order valence-corrected chi connectivity index (χ1v) is 6.53. The number of hydrogen-bond donors (Lipinski definition) is 3. The van der Waals surface area contributed by atoms with Crippen LogP contribution in [0.5, 0.6) is 0 Å². The van der Waals surface area contributed by atoms with Gasteiger partial charge in [0.05, 0.1) is 22.4 Å². The number of rotatable bonds is 2. The number of hydrogen-bond acceptors (Lipinski definition) is 3. The van der Waals surface area contributed by atoms with Gasteiger partial charge in [-0.05, 0) is 12.1 Å². The highest BCUT2D eigenvalue weighted by Gasteiger charge is 2.13. The predicted octanol–water partition coefficient (Wildman–Crippen LogP) is -0.837. The van der Waals surface area contributed by atoms with Crippen LogP contribution in [0.15, 0.2) is 26.9 Å². The first kappa shape index (κ1) is 15.4. The van der Waals surface area contributed by atoms with Crippen LogP contribution < -0.4 is 27.8 Å². The Kier molecular flexibility index (Phi) is 3.81. The third-order valence-electron chi connectivity index (χ3n) is 3.33. The molecular formula is C13H20N8O. The summed E-state index contributed by atoms with van der Waals surface area (Å²) in [6.45, 7) is 0. The van der Waals surface area contributed by atoms with Crippen molar-refractivity contribution in [1.82, 2.24) is 9.13 Å². The highest BCUT2D eigenvalue weighted by molar-refractivity contribution is 5.96. The highest BCUT2D eigenvalue weighted by atomic mass is 16.1. The maximum absolute atomic E-state index is 12.0. The van der Waals surface area contributed by atoms with Crippen molar-refractivity contribution in [3.63, 3.8) is 0 Å². The molecule has 2 rings (SSSR count). The van der Waals surface area contributed by atoms with Gasteiger partial charge < -0.3 is 22.1 Å². The van der Waals surface area contributed by atoms with Crippen LogP contribution in [0.1, 0.15) is 0 Å². The monoisotopic (exact) mass is 304 g/mol. The topological polar surface area (TPSA) is 133 Å². The summed E-state index contributed by atoms with van der Waals surface area (Å²) in [6.07, 6.45) is 0. The molecule has 6 N–H and O–H groups in total. The Balaban J connectivity index is 2.77. The van der Waals surface area contributed by atoms with E-state index in [1.165, 1.54) is 0 Å². The molecule has 0 aliphatic carbocycles. The molecule has 0 fully saturated rings. The fourth-order valence-electron chi connectivity index (χ4n) is 2.25. The van der Waals surface area contributed by atoms with Gasteiger partial charge in [-0.2, -0.15) is 4.99 Å². The first-order chi connectivity index (χ1) is 10.2. The van der Waals surface area contributed by atoms with Crippen LogP contribution in [-0.2, 0) is 14.1 Å². The number of guanidine groups is 2. The minimum Gasteiger partial charge on any atom is -0.376 e. The van der Waals surface area contributed by atoms with Crippen LogP contribution in [0.2, 0.25) is 0 Å². The molecule has 0 amide bonds. The van der Waals surface area contributed by atoms with Gasteiger partial charge in [0.2, 0.25) is 5.96 Å². The Labute approximate surface area is 127 Å². The molecule has 1 aromatic carbocycles. The van der Waals surface area contributed by atoms with Gasteiger partial charge >= 0.3 is 5.69 Å². The van der Waals surface area contributed by atoms with E-state index in [0.29, 0.717) is 5.69 Å². The van der Waals surface area contributed by atoms with E-state index in [2.05, 4.69) is 9.98 Å². The summed E-state index contributed by atoms with van der Waals surface area (Å²) in [5, 5.41) is 0. The number of aryl methyl sites for hydroxylation is 2. The van der Waals surface area contributed by atoms with Crippen molar-refractivity contribution < 1.29 is 0 Å². The summed E-state index contributed by atoms with van der Waals surface area (Å²) in [4.78, 5) is 21.9. The largest absolute Gasteiger partial charge is 0.376 e. The summed E-state index contributed by atoms with van der Waals surface area (Å²) in [7, 11) is 7.17. The van der Waals surface area contributed by atoms with E-state index >= 15 is 0 Å². The van der Waals surface area contributed by atoms with Crippen LogP contribution in [-0.4, -0.2) is 35.1 Å². The summed E-state index contributed by atoms with van der Waals surface area (Å²) >= 11 is 0. The maximum Gasteiger partial charge on any atom is 0.328 e. The maximum atomic E-state index is 12.0. The standard InChI is InChI=1S/C13H20N8O/c1-19(2)8-6-10-9(20(3)13(22)21(10)4)5-7(8)17-12(16)18-11(14)15/h5-6H,1-4H3,(H6,14,15,16,17,18). The predicted molar refractivity (Wildman–Crippen MR) is 89.6 cm³/mol. The average molecular weight is 304 g/mol. The van der Waals surface area contributed by atoms with Crippen molar-refractivity contribution in [2.24, 2.45) is 41.3 Å². The zero-order valence-corrected chi connectivity index (χ0v) is 13.0. The lowest BCUT2D eigenvalue weighted by molar-refractivity contribution is 0.795. The number of fused-ring (bicyclic) bond motifs is 1. The molecule has 118 valence electrons. The van der Waals surface area contributed by atoms with Gasteiger partial charge in [0.25, 0.3) is 0 Å². The van der Waals surface area contributed by atoms with Crippen molar-refractivity contribution in [3.8, 4) is 0 Å². The van der Waals surface area contributed by atoms with E-state index in [4.69, 9.17) is 17.2 Å². The minimum absolute atomic E-state index is 0.0524. The summed E-state index contributed by atoms with van der Waals surface area (Å²) in [6, 6.07) is 3.65. The van der Waals surface area contributed by atoms with Crippen LogP contribution in [0.3, 0.4) is 0 Å². The van der Waals surface area contributed by atoms with Crippen LogP contribution >= 0.6 is 0 Å². The van der Waals surface area contributed by atoms with E-state index in [0.717, 1.165) is 16.7 Å². The molecule has 1 heterocycles. The lowest BCUT2D eigenvalue weighted by Gasteiger charge is -2.16. The molecule has 0 bridgehead atoms. The molecule has 0 unspecified atom stereocenters. The van der Waals surface area contributed by atoms with Gasteiger partial charge in [0, 0.05) is 28.2 Å². The molecule has 0 aliphatic rings. The number of nitrogens with zero attached hydrogens (tertiary/aromatic N) is 5. The SMILES string of the molecule is CN(C)c1cc2c(cc1N=C(N)N=C(N)N)n(C)c(=O)n2C. The fourth-order valence-corrected chi connectivity index (χ4v) is 2.25. The number of anilines is 1. The quantitative estimate of drug-likeness (QED) is 0.491. The lowest BCUT2D eigenvalue weighted by Crippen LogP contribution is -2.26. The Morgan fingerprint density at radius 1 is 1.09 bits per heavy atom. The fraction of sp³-hybridized carbons (Fsp3) is 0.308. The zero-order chi connectivity index (χ0) is 16.6. The third kappa shape index (κ3) is 2.60. The Hall–Kier alpha value is -2.97. The van der Waals surface area contributed by atoms with Crippen LogP contribution in [0.4, 0.5) is 11.4 Å². The van der Waals surface area contributed by atoms with E-state index in [-0.39, 0.29) is 17.6 Å². The second-order valence-electron chi connectivity index (χ2n) is 5.13. The normalized spacial score (nSPS) is 11.7. The van der Waals surface area contributed by atoms with Gasteiger partial charge in [-0.15, -0.1) is 0 Å². The van der Waals surface area contributed by atoms with Gasteiger partial charge in [-0.1, -0.05) is 0 Å². The molecule has 0 saturated carbocycles. The van der Waals surface area contributed by atoms with Crippen molar-refractivity contribution in [3.05, 3.63) is 22.6 Å². The first-order valence-electron chi connectivity index (χ1n) is 6.53. The molecule has 9 heteroatoms. The third-order valence-corrected chi connectivity index (χ3v) is 3.33. The van der Waals surface area contributed by atoms with Crippen LogP contribution in [0, 0.1) is 0 Å². The van der Waals surface area contributed by atoms with Crippen molar-refractivity contribution >= 4 is 34.3 Å². The second kappa shape index (κ2) is 5.43. The Bertz CT molecular complexity index is 836. The average Bonchev–Trinajstić information content (AvgIpc) is 2.62. The lowest BCUT2D eigenvalue weighted by atomic mass is 10.2. The van der Waals surface area contributed by atoms with Gasteiger partial charge in [0.15, 0.2) is 5.96 Å². The molecule has 0 aliphatic heterocycles. The summed E-state index contributed by atoms with van der Waals surface area (Å²) < 4.78 is 3.12. The minimum atomic E-state index is -0.166. The van der Waals surface area contributed by atoms with Crippen LogP contribution in [0.25, 0.3) is 11.0 Å². The summed E-state index contributed by atoms with van der Waals surface area (Å²) in [5.74, 6) is -0.218. The van der Waals surface area contributed by atoms with Crippen molar-refractivity contribution in [1.29, 1.82) is 0 Å². The second-order valence-corrected chi connectivity index (χ2v) is 5.13. The molecule has 0 radical (unpaired) electrons. The molecule has 22 heavy (non-hydrogen) atoms. The number of nitrogens with two attached hydrogens (primary N) is 3. The van der Waals surface area contributed by atoms with E-state index in [1.807, 2.05) is 25.1 Å². The Morgan fingerprint density at radius 3 is 2.14 bits per heavy atom. The molecule has 2 aromatic rings. The molecule has 0 spiro atoms. The molecule has 0 saturated heterocycles. The Morgan fingerprint density at radius 2 is 1.64 bits per heavy atom. The highest BCUT2D eigenvalue weighted by Crippen LogP contribution is 2.32. The number of aliphatic imine (C=N–C) groups is 2. The number of benzene rings is 1. The zero-order valence-electron chi connectivity index (χ0n) is 13.0. The smallest absolute Gasteiger partial charge is 0.328 e. The van der Waals surface area contributed by atoms with Gasteiger partial charge in [0.1, 0.15) is 0 Å². The van der Waals surface area contributed by atoms with E-state index in [9.17, 15) is 4.79 Å². The number of aromatic nitrogens is 2. The van der Waals surface area contributed by atoms with Crippen molar-refractivity contribution in [2.75, 3.05) is 19.0 Å². The summed E-state index contributed by atoms with van der Waals surface area (Å²) in [5.41, 5.74) is 19.1. The molecular weight excluding hydrogens is 284 g/mol. The molecule has 9 nitrogen and oxygen atoms in total. The number of imidazole rings is 1.